The molecule has 8 heteroatoms. The van der Waals surface area contributed by atoms with Crippen LogP contribution in [0.15, 0.2) is 53.1 Å². The molecule has 1 N–H and O–H groups in total. The molecule has 7 nitrogen and oxygen atoms in total. The molecule has 1 aliphatic rings. The van der Waals surface area contributed by atoms with Crippen LogP contribution in [0.3, 0.4) is 0 Å². The standard InChI is InChI=1S/C24H24ClN3O4/c1-31-20-10-9-16(14-19(20)28-13-5-4-8-24(28)30)27-22(29)11-12-23-26-15-21(32-23)17-6-2-3-7-18(17)25/h2-3,6-7,9-10,14-15H,4-5,8,11-13H2,1H3,(H,27,29). The van der Waals surface area contributed by atoms with Gasteiger partial charge in [0.05, 0.1) is 24.0 Å². The minimum atomic E-state index is -0.177. The van der Waals surface area contributed by atoms with Crippen LogP contribution >= 0.6 is 11.6 Å². The van der Waals surface area contributed by atoms with Gasteiger partial charge in [-0.1, -0.05) is 23.7 Å². The Morgan fingerprint density at radius 2 is 2.09 bits per heavy atom. The number of aromatic nitrogens is 1. The molecule has 166 valence electrons. The van der Waals surface area contributed by atoms with Gasteiger partial charge in [0, 0.05) is 37.1 Å². The van der Waals surface area contributed by atoms with E-state index in [0.717, 1.165) is 18.4 Å². The molecule has 0 saturated carbocycles. The summed E-state index contributed by atoms with van der Waals surface area (Å²) in [6, 6.07) is 12.7. The van der Waals surface area contributed by atoms with Gasteiger partial charge in [-0.15, -0.1) is 0 Å². The number of hydrogen-bond acceptors (Lipinski definition) is 5. The van der Waals surface area contributed by atoms with Gasteiger partial charge in [0.1, 0.15) is 5.75 Å². The largest absolute Gasteiger partial charge is 0.495 e. The second kappa shape index (κ2) is 9.87. The van der Waals surface area contributed by atoms with Crippen LogP contribution in [0.5, 0.6) is 5.75 Å². The van der Waals surface area contributed by atoms with E-state index in [0.29, 0.717) is 53.2 Å². The first-order valence-electron chi connectivity index (χ1n) is 10.5. The SMILES string of the molecule is COc1ccc(NC(=O)CCc2ncc(-c3ccccc3Cl)o2)cc1N1CCCCC1=O. The zero-order valence-electron chi connectivity index (χ0n) is 17.8. The van der Waals surface area contributed by atoms with Crippen molar-refractivity contribution in [2.45, 2.75) is 32.1 Å². The van der Waals surface area contributed by atoms with Gasteiger partial charge in [-0.25, -0.2) is 4.98 Å². The maximum atomic E-state index is 12.5. The highest BCUT2D eigenvalue weighted by Crippen LogP contribution is 2.34. The zero-order valence-corrected chi connectivity index (χ0v) is 18.5. The van der Waals surface area contributed by atoms with Crippen LogP contribution in [-0.2, 0) is 16.0 Å². The van der Waals surface area contributed by atoms with Crippen LogP contribution in [-0.4, -0.2) is 30.5 Å². The lowest BCUT2D eigenvalue weighted by Gasteiger charge is -2.28. The first-order chi connectivity index (χ1) is 15.5. The monoisotopic (exact) mass is 453 g/mol. The number of benzene rings is 2. The Morgan fingerprint density at radius 1 is 1.25 bits per heavy atom. The second-order valence-electron chi connectivity index (χ2n) is 7.54. The van der Waals surface area contributed by atoms with Crippen molar-refractivity contribution in [3.63, 3.8) is 0 Å². The average Bonchev–Trinajstić information content (AvgIpc) is 3.27. The highest BCUT2D eigenvalue weighted by atomic mass is 35.5. The maximum Gasteiger partial charge on any atom is 0.227 e. The van der Waals surface area contributed by atoms with E-state index in [2.05, 4.69) is 10.3 Å². The van der Waals surface area contributed by atoms with Gasteiger partial charge in [0.15, 0.2) is 11.7 Å². The number of oxazole rings is 1. The molecule has 4 rings (SSSR count). The molecule has 0 atom stereocenters. The Bertz CT molecular complexity index is 1130. The lowest BCUT2D eigenvalue weighted by Crippen LogP contribution is -2.35. The van der Waals surface area contributed by atoms with Gasteiger partial charge in [-0.05, 0) is 43.2 Å². The molecule has 2 heterocycles. The molecule has 1 fully saturated rings. The maximum absolute atomic E-state index is 12.5. The van der Waals surface area contributed by atoms with Crippen molar-refractivity contribution < 1.29 is 18.7 Å². The molecule has 0 unspecified atom stereocenters. The average molecular weight is 454 g/mol. The molecule has 2 aromatic carbocycles. The molecule has 0 bridgehead atoms. The number of hydrogen-bond donors (Lipinski definition) is 1. The number of rotatable bonds is 7. The Labute approximate surface area is 191 Å². The van der Waals surface area contributed by atoms with Gasteiger partial charge >= 0.3 is 0 Å². The van der Waals surface area contributed by atoms with E-state index in [4.69, 9.17) is 20.8 Å². The summed E-state index contributed by atoms with van der Waals surface area (Å²) in [6.45, 7) is 0.643. The Morgan fingerprint density at radius 3 is 2.88 bits per heavy atom. The number of anilines is 2. The van der Waals surface area contributed by atoms with E-state index in [-0.39, 0.29) is 18.2 Å². The summed E-state index contributed by atoms with van der Waals surface area (Å²) in [5.41, 5.74) is 2.04. The van der Waals surface area contributed by atoms with Gasteiger partial charge in [-0.3, -0.25) is 9.59 Å². The van der Waals surface area contributed by atoms with Gasteiger partial charge < -0.3 is 19.4 Å². The quantitative estimate of drug-likeness (QED) is 0.538. The summed E-state index contributed by atoms with van der Waals surface area (Å²) in [6.07, 6.45) is 4.52. The number of carbonyl (C=O) groups excluding carboxylic acids is 2. The van der Waals surface area contributed by atoms with Gasteiger partial charge in [0.2, 0.25) is 11.8 Å². The first-order valence-corrected chi connectivity index (χ1v) is 10.9. The fourth-order valence-corrected chi connectivity index (χ4v) is 3.92. The summed E-state index contributed by atoms with van der Waals surface area (Å²) in [7, 11) is 1.57. The van der Waals surface area contributed by atoms with Crippen molar-refractivity contribution in [2.75, 3.05) is 23.9 Å². The van der Waals surface area contributed by atoms with E-state index in [1.807, 2.05) is 18.2 Å². The minimum Gasteiger partial charge on any atom is -0.495 e. The fraction of sp³-hybridized carbons (Fsp3) is 0.292. The topological polar surface area (TPSA) is 84.7 Å². The van der Waals surface area contributed by atoms with Crippen LogP contribution in [0, 0.1) is 0 Å². The van der Waals surface area contributed by atoms with Crippen LogP contribution < -0.4 is 15.0 Å². The molecule has 0 spiro atoms. The summed E-state index contributed by atoms with van der Waals surface area (Å²) in [5.74, 6) is 1.52. The molecule has 32 heavy (non-hydrogen) atoms. The van der Waals surface area contributed by atoms with Crippen molar-refractivity contribution >= 4 is 34.8 Å². The first kappa shape index (κ1) is 21.9. The molecule has 0 aliphatic carbocycles. The van der Waals surface area contributed by atoms with Crippen LogP contribution in [0.1, 0.15) is 31.6 Å². The third-order valence-corrected chi connectivity index (χ3v) is 5.67. The van der Waals surface area contributed by atoms with Gasteiger partial charge in [0.25, 0.3) is 0 Å². The Kier molecular flexibility index (Phi) is 6.75. The number of nitrogens with one attached hydrogen (secondary N) is 1. The van der Waals surface area contributed by atoms with Crippen LogP contribution in [0.4, 0.5) is 11.4 Å². The summed E-state index contributed by atoms with van der Waals surface area (Å²) < 4.78 is 11.2. The van der Waals surface area contributed by atoms with E-state index < -0.39 is 0 Å². The molecule has 3 aromatic rings. The molecule has 1 aromatic heterocycles. The van der Waals surface area contributed by atoms with Crippen molar-refractivity contribution in [1.29, 1.82) is 0 Å². The second-order valence-corrected chi connectivity index (χ2v) is 7.94. The molecular formula is C24H24ClN3O4. The highest BCUT2D eigenvalue weighted by molar-refractivity contribution is 6.33. The normalized spacial score (nSPS) is 13.8. The summed E-state index contributed by atoms with van der Waals surface area (Å²) in [5, 5.41) is 3.46. The van der Waals surface area contributed by atoms with Crippen molar-refractivity contribution in [2.24, 2.45) is 0 Å². The van der Waals surface area contributed by atoms with Gasteiger partial charge in [-0.2, -0.15) is 0 Å². The van der Waals surface area contributed by atoms with E-state index in [1.54, 1.807) is 42.5 Å². The number of aryl methyl sites for hydroxylation is 1. The summed E-state index contributed by atoms with van der Waals surface area (Å²) in [4.78, 5) is 30.8. The van der Waals surface area contributed by atoms with E-state index >= 15 is 0 Å². The predicted octanol–water partition coefficient (Wildman–Crippen LogP) is 5.09. The molecule has 1 aliphatic heterocycles. The minimum absolute atomic E-state index is 0.0660. The van der Waals surface area contributed by atoms with Crippen molar-refractivity contribution in [3.05, 3.63) is 59.6 Å². The van der Waals surface area contributed by atoms with Crippen molar-refractivity contribution in [1.82, 2.24) is 4.98 Å². The molecule has 1 saturated heterocycles. The lowest BCUT2D eigenvalue weighted by molar-refractivity contribution is -0.119. The molecule has 0 radical (unpaired) electrons. The number of nitrogens with zero attached hydrogens (tertiary/aromatic N) is 2. The van der Waals surface area contributed by atoms with E-state index in [9.17, 15) is 9.59 Å². The number of carbonyl (C=O) groups is 2. The van der Waals surface area contributed by atoms with Crippen molar-refractivity contribution in [3.8, 4) is 17.1 Å². The zero-order chi connectivity index (χ0) is 22.5. The number of methoxy groups -OCH3 is 1. The molecular weight excluding hydrogens is 430 g/mol. The fourth-order valence-electron chi connectivity index (χ4n) is 3.69. The highest BCUT2D eigenvalue weighted by Gasteiger charge is 2.23. The Hall–Kier alpha value is -3.32. The molecule has 2 amide bonds. The lowest BCUT2D eigenvalue weighted by atomic mass is 10.1. The third kappa shape index (κ3) is 4.94. The van der Waals surface area contributed by atoms with E-state index in [1.165, 1.54) is 0 Å². The Balaban J connectivity index is 1.40. The third-order valence-electron chi connectivity index (χ3n) is 5.34. The summed E-state index contributed by atoms with van der Waals surface area (Å²) >= 11 is 6.20. The number of piperidine rings is 1. The smallest absolute Gasteiger partial charge is 0.227 e. The number of halogens is 1. The number of ether oxygens (including phenoxy) is 1. The van der Waals surface area contributed by atoms with Crippen LogP contribution in [0.25, 0.3) is 11.3 Å². The van der Waals surface area contributed by atoms with Crippen LogP contribution in [0.2, 0.25) is 5.02 Å². The predicted molar refractivity (Wildman–Crippen MR) is 123 cm³/mol. The number of amides is 2.